The molecular formula is C44H87NO11S. The molecule has 1 saturated heterocycles. The second kappa shape index (κ2) is 35.8. The zero-order valence-corrected chi connectivity index (χ0v) is 37.0. The predicted octanol–water partition coefficient (Wildman–Crippen LogP) is 9.00. The predicted molar refractivity (Wildman–Crippen MR) is 227 cm³/mol. The number of ether oxygens (including phenoxy) is 2. The van der Waals surface area contributed by atoms with Gasteiger partial charge in [-0.1, -0.05) is 200 Å². The molecule has 0 bridgehead atoms. The average molecular weight is 838 g/mol. The highest BCUT2D eigenvalue weighted by atomic mass is 32.3. The van der Waals surface area contributed by atoms with Crippen molar-refractivity contribution < 1.29 is 51.8 Å². The van der Waals surface area contributed by atoms with Crippen LogP contribution in [0.4, 0.5) is 0 Å². The molecule has 6 N–H and O–H groups in total. The first kappa shape index (κ1) is 54.1. The number of unbranched alkanes of at least 4 members (excludes halogenated alkanes) is 28. The second-order valence-electron chi connectivity index (χ2n) is 16.7. The van der Waals surface area contributed by atoms with Gasteiger partial charge in [-0.3, -0.25) is 9.35 Å². The number of carbonyl (C=O) groups excluding carboxylic acids is 1. The van der Waals surface area contributed by atoms with Crippen molar-refractivity contribution in [2.75, 3.05) is 13.2 Å². The first-order valence-corrected chi connectivity index (χ1v) is 24.8. The Hall–Kier alpha value is -0.900. The van der Waals surface area contributed by atoms with Gasteiger partial charge in [0.2, 0.25) is 5.91 Å². The largest absolute Gasteiger partial charge is 0.397 e. The molecule has 57 heavy (non-hydrogen) atoms. The lowest BCUT2D eigenvalue weighted by Crippen LogP contribution is -2.61. The summed E-state index contributed by atoms with van der Waals surface area (Å²) in [6.45, 7) is 3.44. The normalized spacial score (nSPS) is 21.1. The number of carbonyl (C=O) groups is 1. The molecule has 1 rings (SSSR count). The first-order chi connectivity index (χ1) is 27.5. The van der Waals surface area contributed by atoms with Gasteiger partial charge in [0, 0.05) is 6.42 Å². The van der Waals surface area contributed by atoms with Crippen LogP contribution in [0.1, 0.15) is 219 Å². The van der Waals surface area contributed by atoms with Gasteiger partial charge in [-0.2, -0.15) is 8.42 Å². The molecule has 1 fully saturated rings. The SMILES string of the molecule is CCCCCCCCCCCCCCCCCCCCCCC(O)C(COC1OC(CO)C(O)C(OS(=O)(=O)O)C1O)NC(=O)CCCCCCCCCCCC. The van der Waals surface area contributed by atoms with E-state index in [9.17, 15) is 38.2 Å². The van der Waals surface area contributed by atoms with Gasteiger partial charge >= 0.3 is 10.4 Å². The minimum Gasteiger partial charge on any atom is -0.394 e. The molecule has 1 aliphatic heterocycles. The summed E-state index contributed by atoms with van der Waals surface area (Å²) in [6, 6.07) is -0.850. The highest BCUT2D eigenvalue weighted by Crippen LogP contribution is 2.26. The van der Waals surface area contributed by atoms with Gasteiger partial charge < -0.3 is 35.2 Å². The third kappa shape index (κ3) is 29.1. The summed E-state index contributed by atoms with van der Waals surface area (Å²) in [5, 5.41) is 44.8. The van der Waals surface area contributed by atoms with Crippen LogP contribution in [-0.4, -0.2) is 95.4 Å². The summed E-state index contributed by atoms with van der Waals surface area (Å²) >= 11 is 0. The van der Waals surface area contributed by atoms with E-state index in [0.29, 0.717) is 12.8 Å². The van der Waals surface area contributed by atoms with Crippen molar-refractivity contribution >= 4 is 16.3 Å². The van der Waals surface area contributed by atoms with Crippen LogP contribution in [0.15, 0.2) is 0 Å². The maximum absolute atomic E-state index is 13.0. The third-order valence-corrected chi connectivity index (χ3v) is 11.9. The summed E-state index contributed by atoms with van der Waals surface area (Å²) in [6.07, 6.45) is 28.3. The fourth-order valence-electron chi connectivity index (χ4n) is 7.75. The molecule has 340 valence electrons. The van der Waals surface area contributed by atoms with Crippen molar-refractivity contribution in [1.82, 2.24) is 5.32 Å². The summed E-state index contributed by atoms with van der Waals surface area (Å²) in [4.78, 5) is 13.0. The minimum absolute atomic E-state index is 0.230. The van der Waals surface area contributed by atoms with Crippen molar-refractivity contribution in [3.05, 3.63) is 0 Å². The number of hydrogen-bond acceptors (Lipinski definition) is 10. The van der Waals surface area contributed by atoms with E-state index in [4.69, 9.17) is 9.47 Å². The van der Waals surface area contributed by atoms with Crippen LogP contribution in [-0.2, 0) is 28.9 Å². The van der Waals surface area contributed by atoms with Crippen LogP contribution in [0.2, 0.25) is 0 Å². The maximum Gasteiger partial charge on any atom is 0.397 e. The molecule has 0 saturated carbocycles. The van der Waals surface area contributed by atoms with Crippen molar-refractivity contribution in [3.8, 4) is 0 Å². The van der Waals surface area contributed by atoms with Gasteiger partial charge in [0.15, 0.2) is 6.29 Å². The number of hydrogen-bond donors (Lipinski definition) is 6. The maximum atomic E-state index is 13.0. The van der Waals surface area contributed by atoms with Crippen molar-refractivity contribution in [2.24, 2.45) is 0 Å². The Balaban J connectivity index is 2.43. The van der Waals surface area contributed by atoms with Crippen molar-refractivity contribution in [3.63, 3.8) is 0 Å². The fraction of sp³-hybridized carbons (Fsp3) is 0.977. The van der Waals surface area contributed by atoms with E-state index in [1.807, 2.05) is 0 Å². The molecule has 12 nitrogen and oxygen atoms in total. The van der Waals surface area contributed by atoms with E-state index in [0.717, 1.165) is 51.4 Å². The molecule has 1 heterocycles. The number of rotatable bonds is 40. The van der Waals surface area contributed by atoms with Gasteiger partial charge in [0.05, 0.1) is 25.4 Å². The average Bonchev–Trinajstić information content (AvgIpc) is 3.18. The van der Waals surface area contributed by atoms with Crippen molar-refractivity contribution in [1.29, 1.82) is 0 Å². The number of nitrogens with one attached hydrogen (secondary N) is 1. The Morgan fingerprint density at radius 3 is 1.40 bits per heavy atom. The second-order valence-corrected chi connectivity index (χ2v) is 17.8. The Bertz CT molecular complexity index is 1040. The molecule has 0 aromatic carbocycles. The molecule has 1 aliphatic rings. The lowest BCUT2D eigenvalue weighted by Gasteiger charge is -2.41. The third-order valence-electron chi connectivity index (χ3n) is 11.4. The Morgan fingerprint density at radius 1 is 0.632 bits per heavy atom. The molecule has 0 aromatic rings. The number of amides is 1. The summed E-state index contributed by atoms with van der Waals surface area (Å²) < 4.78 is 47.6. The Morgan fingerprint density at radius 2 is 1.02 bits per heavy atom. The lowest BCUT2D eigenvalue weighted by molar-refractivity contribution is -0.298. The monoisotopic (exact) mass is 838 g/mol. The van der Waals surface area contributed by atoms with E-state index in [1.165, 1.54) is 141 Å². The number of aliphatic hydroxyl groups is 4. The minimum atomic E-state index is -5.07. The highest BCUT2D eigenvalue weighted by molar-refractivity contribution is 7.80. The summed E-state index contributed by atoms with van der Waals surface area (Å²) in [7, 11) is -5.07. The van der Waals surface area contributed by atoms with Crippen LogP contribution in [0.25, 0.3) is 0 Å². The van der Waals surface area contributed by atoms with Gasteiger partial charge in [-0.05, 0) is 12.8 Å². The molecule has 0 aromatic heterocycles. The molecule has 7 atom stereocenters. The number of aliphatic hydroxyl groups excluding tert-OH is 4. The molecule has 7 unspecified atom stereocenters. The van der Waals surface area contributed by atoms with Crippen LogP contribution in [0, 0.1) is 0 Å². The van der Waals surface area contributed by atoms with Crippen LogP contribution < -0.4 is 5.32 Å². The van der Waals surface area contributed by atoms with Crippen molar-refractivity contribution in [2.45, 2.75) is 262 Å². The van der Waals surface area contributed by atoms with Gasteiger partial charge in [-0.25, -0.2) is 4.18 Å². The summed E-state index contributed by atoms with van der Waals surface area (Å²) in [5.74, 6) is -0.230. The summed E-state index contributed by atoms with van der Waals surface area (Å²) in [5.41, 5.74) is 0. The zero-order valence-electron chi connectivity index (χ0n) is 36.2. The van der Waals surface area contributed by atoms with E-state index in [-0.39, 0.29) is 12.5 Å². The first-order valence-electron chi connectivity index (χ1n) is 23.4. The smallest absolute Gasteiger partial charge is 0.394 e. The molecular weight excluding hydrogens is 751 g/mol. The standard InChI is InChI=1S/C44H87NO11S/c1-3-5-7-9-11-13-15-16-17-18-19-20-21-22-23-24-25-27-29-31-33-38(47)37(45-40(48)34-32-30-28-26-14-12-10-8-6-4-2)36-54-44-42(50)43(56-57(51,52)53)41(49)39(35-46)55-44/h37-39,41-44,46-47,49-50H,3-36H2,1-2H3,(H,45,48)(H,51,52,53). The van der Waals surface area contributed by atoms with E-state index in [1.54, 1.807) is 0 Å². The highest BCUT2D eigenvalue weighted by Gasteiger charge is 2.48. The van der Waals surface area contributed by atoms with E-state index >= 15 is 0 Å². The van der Waals surface area contributed by atoms with Gasteiger partial charge in [0.25, 0.3) is 0 Å². The lowest BCUT2D eigenvalue weighted by atomic mass is 9.99. The molecule has 0 spiro atoms. The van der Waals surface area contributed by atoms with Crippen LogP contribution in [0.5, 0.6) is 0 Å². The zero-order chi connectivity index (χ0) is 42.0. The topological polar surface area (TPSA) is 192 Å². The molecule has 1 amide bonds. The Labute approximate surface area is 347 Å². The fourth-order valence-corrected chi connectivity index (χ4v) is 8.26. The van der Waals surface area contributed by atoms with Gasteiger partial charge in [-0.15, -0.1) is 0 Å². The molecule has 0 radical (unpaired) electrons. The van der Waals surface area contributed by atoms with Crippen LogP contribution >= 0.6 is 0 Å². The van der Waals surface area contributed by atoms with Crippen LogP contribution in [0.3, 0.4) is 0 Å². The van der Waals surface area contributed by atoms with E-state index < -0.39 is 59.9 Å². The van der Waals surface area contributed by atoms with Gasteiger partial charge in [0.1, 0.15) is 24.4 Å². The Kier molecular flexibility index (Phi) is 34.0. The van der Waals surface area contributed by atoms with E-state index in [2.05, 4.69) is 23.3 Å². The quantitative estimate of drug-likeness (QED) is 0.0255. The molecule has 0 aliphatic carbocycles. The molecule has 13 heteroatoms.